The summed E-state index contributed by atoms with van der Waals surface area (Å²) in [6.45, 7) is 6.03. The minimum atomic E-state index is -0.430. The molecular weight excluding hydrogens is 228 g/mol. The van der Waals surface area contributed by atoms with Crippen LogP contribution in [0.5, 0.6) is 0 Å². The summed E-state index contributed by atoms with van der Waals surface area (Å²) in [5, 5.41) is 8.44. The number of hydrogen-bond acceptors (Lipinski definition) is 6. The van der Waals surface area contributed by atoms with Crippen molar-refractivity contribution in [2.75, 3.05) is 53.4 Å². The molecule has 0 aliphatic carbocycles. The Labute approximate surface area is 102 Å². The van der Waals surface area contributed by atoms with E-state index in [1.807, 2.05) is 0 Å². The quantitative estimate of drug-likeness (QED) is 0.285. The third-order valence-electron chi connectivity index (χ3n) is 1.74. The van der Waals surface area contributed by atoms with E-state index in [2.05, 4.69) is 6.58 Å². The maximum absolute atomic E-state index is 8.44. The summed E-state index contributed by atoms with van der Waals surface area (Å²) in [6.07, 6.45) is 0.882. The molecule has 1 N–H and O–H groups in total. The van der Waals surface area contributed by atoms with E-state index in [0.717, 1.165) is 0 Å². The molecule has 0 saturated carbocycles. The van der Waals surface area contributed by atoms with Gasteiger partial charge < -0.3 is 28.8 Å². The molecule has 0 amide bonds. The Hall–Kier alpha value is -0.660. The van der Waals surface area contributed by atoms with Gasteiger partial charge in [-0.2, -0.15) is 0 Å². The van der Waals surface area contributed by atoms with Crippen molar-refractivity contribution in [1.29, 1.82) is 0 Å². The van der Waals surface area contributed by atoms with Crippen molar-refractivity contribution >= 4 is 0 Å². The van der Waals surface area contributed by atoms with Gasteiger partial charge in [0.1, 0.15) is 6.61 Å². The summed E-state index contributed by atoms with van der Waals surface area (Å²) >= 11 is 0. The fourth-order valence-corrected chi connectivity index (χ4v) is 0.954. The highest BCUT2D eigenvalue weighted by molar-refractivity contribution is 4.52. The van der Waals surface area contributed by atoms with Crippen LogP contribution in [0.2, 0.25) is 0 Å². The van der Waals surface area contributed by atoms with Crippen LogP contribution in [0.1, 0.15) is 0 Å². The van der Waals surface area contributed by atoms with Crippen molar-refractivity contribution in [3.05, 3.63) is 12.8 Å². The van der Waals surface area contributed by atoms with E-state index >= 15 is 0 Å². The normalized spacial score (nSPS) is 12.4. The molecule has 17 heavy (non-hydrogen) atoms. The SMILES string of the molecule is C=COC(COCCOCCOCCO)OC. The van der Waals surface area contributed by atoms with Gasteiger partial charge in [0.15, 0.2) is 0 Å². The Morgan fingerprint density at radius 1 is 1.06 bits per heavy atom. The van der Waals surface area contributed by atoms with Crippen molar-refractivity contribution in [2.24, 2.45) is 0 Å². The van der Waals surface area contributed by atoms with Crippen LogP contribution in [-0.4, -0.2) is 64.8 Å². The molecule has 0 spiro atoms. The van der Waals surface area contributed by atoms with Crippen molar-refractivity contribution < 1.29 is 28.8 Å². The molecule has 0 rings (SSSR count). The molecule has 0 aliphatic heterocycles. The Morgan fingerprint density at radius 2 is 1.65 bits per heavy atom. The molecule has 0 bridgehead atoms. The second-order valence-electron chi connectivity index (χ2n) is 2.99. The maximum atomic E-state index is 8.44. The average molecular weight is 250 g/mol. The molecule has 6 heteroatoms. The summed E-state index contributed by atoms with van der Waals surface area (Å²) in [5.74, 6) is 0. The number of methoxy groups -OCH3 is 1. The Kier molecular flexibility index (Phi) is 12.9. The predicted molar refractivity (Wildman–Crippen MR) is 61.6 cm³/mol. The molecule has 1 atom stereocenters. The van der Waals surface area contributed by atoms with Gasteiger partial charge in [-0.3, -0.25) is 0 Å². The van der Waals surface area contributed by atoms with E-state index in [-0.39, 0.29) is 6.61 Å². The first-order chi connectivity index (χ1) is 8.35. The molecule has 6 nitrogen and oxygen atoms in total. The van der Waals surface area contributed by atoms with Crippen LogP contribution in [0.15, 0.2) is 12.8 Å². The van der Waals surface area contributed by atoms with Gasteiger partial charge in [-0.25, -0.2) is 0 Å². The number of hydrogen-bond donors (Lipinski definition) is 1. The minimum absolute atomic E-state index is 0.0326. The summed E-state index contributed by atoms with van der Waals surface area (Å²) in [7, 11) is 1.53. The van der Waals surface area contributed by atoms with E-state index in [4.69, 9.17) is 28.8 Å². The van der Waals surface area contributed by atoms with Gasteiger partial charge in [-0.1, -0.05) is 6.58 Å². The molecule has 0 saturated heterocycles. The highest BCUT2D eigenvalue weighted by Gasteiger charge is 2.05. The Balaban J connectivity index is 3.14. The fourth-order valence-electron chi connectivity index (χ4n) is 0.954. The third kappa shape index (κ3) is 11.6. The van der Waals surface area contributed by atoms with Gasteiger partial charge >= 0.3 is 0 Å². The van der Waals surface area contributed by atoms with E-state index in [1.165, 1.54) is 13.4 Å². The van der Waals surface area contributed by atoms with Crippen LogP contribution in [0.3, 0.4) is 0 Å². The maximum Gasteiger partial charge on any atom is 0.222 e. The highest BCUT2D eigenvalue weighted by Crippen LogP contribution is 1.94. The van der Waals surface area contributed by atoms with Crippen molar-refractivity contribution in [1.82, 2.24) is 0 Å². The molecule has 0 aromatic rings. The van der Waals surface area contributed by atoms with Gasteiger partial charge in [0, 0.05) is 7.11 Å². The largest absolute Gasteiger partial charge is 0.471 e. The molecule has 1 unspecified atom stereocenters. The van der Waals surface area contributed by atoms with Gasteiger partial charge in [0.05, 0.1) is 45.9 Å². The second kappa shape index (κ2) is 13.4. The van der Waals surface area contributed by atoms with Crippen LogP contribution < -0.4 is 0 Å². The highest BCUT2D eigenvalue weighted by atomic mass is 16.7. The first-order valence-electron chi connectivity index (χ1n) is 5.48. The van der Waals surface area contributed by atoms with Crippen molar-refractivity contribution in [3.63, 3.8) is 0 Å². The van der Waals surface area contributed by atoms with Crippen LogP contribution >= 0.6 is 0 Å². The Morgan fingerprint density at radius 3 is 2.18 bits per heavy atom. The summed E-state index contributed by atoms with van der Waals surface area (Å²) in [6, 6.07) is 0. The van der Waals surface area contributed by atoms with Gasteiger partial charge in [0.2, 0.25) is 6.29 Å². The van der Waals surface area contributed by atoms with Crippen LogP contribution in [0.25, 0.3) is 0 Å². The van der Waals surface area contributed by atoms with E-state index < -0.39 is 6.29 Å². The molecule has 0 heterocycles. The van der Waals surface area contributed by atoms with Crippen molar-refractivity contribution in [2.45, 2.75) is 6.29 Å². The monoisotopic (exact) mass is 250 g/mol. The van der Waals surface area contributed by atoms with Gasteiger partial charge in [-0.05, 0) is 0 Å². The molecule has 0 radical (unpaired) electrons. The van der Waals surface area contributed by atoms with E-state index in [1.54, 1.807) is 0 Å². The number of ether oxygens (including phenoxy) is 5. The average Bonchev–Trinajstić information content (AvgIpc) is 2.35. The number of aliphatic hydroxyl groups excluding tert-OH is 1. The van der Waals surface area contributed by atoms with Crippen LogP contribution in [0.4, 0.5) is 0 Å². The first kappa shape index (κ1) is 16.3. The lowest BCUT2D eigenvalue weighted by Crippen LogP contribution is -2.21. The van der Waals surface area contributed by atoms with Crippen molar-refractivity contribution in [3.8, 4) is 0 Å². The zero-order valence-corrected chi connectivity index (χ0v) is 10.3. The number of aliphatic hydroxyl groups is 1. The summed E-state index contributed by atoms with van der Waals surface area (Å²) in [4.78, 5) is 0. The lowest BCUT2D eigenvalue weighted by Gasteiger charge is -2.14. The second-order valence-corrected chi connectivity index (χ2v) is 2.99. The molecular formula is C11H22O6. The molecule has 0 aromatic carbocycles. The van der Waals surface area contributed by atoms with Crippen LogP contribution in [-0.2, 0) is 23.7 Å². The standard InChI is InChI=1S/C11H22O6/c1-3-17-11(13-2)10-16-9-8-15-7-6-14-5-4-12/h3,11-12H,1,4-10H2,2H3. The minimum Gasteiger partial charge on any atom is -0.471 e. The Bertz CT molecular complexity index is 164. The lowest BCUT2D eigenvalue weighted by atomic mass is 10.6. The molecule has 0 aliphatic rings. The topological polar surface area (TPSA) is 66.4 Å². The summed E-state index contributed by atoms with van der Waals surface area (Å²) in [5.41, 5.74) is 0. The zero-order valence-electron chi connectivity index (χ0n) is 10.3. The number of rotatable bonds is 13. The smallest absolute Gasteiger partial charge is 0.222 e. The first-order valence-corrected chi connectivity index (χ1v) is 5.48. The predicted octanol–water partition coefficient (Wildman–Crippen LogP) is 0.161. The van der Waals surface area contributed by atoms with Crippen LogP contribution in [0, 0.1) is 0 Å². The molecule has 0 aromatic heterocycles. The molecule has 102 valence electrons. The lowest BCUT2D eigenvalue weighted by molar-refractivity contribution is -0.128. The van der Waals surface area contributed by atoms with E-state index in [9.17, 15) is 0 Å². The van der Waals surface area contributed by atoms with Gasteiger partial charge in [0.25, 0.3) is 0 Å². The van der Waals surface area contributed by atoms with E-state index in [0.29, 0.717) is 39.6 Å². The van der Waals surface area contributed by atoms with Gasteiger partial charge in [-0.15, -0.1) is 0 Å². The zero-order chi connectivity index (χ0) is 12.8. The summed E-state index contributed by atoms with van der Waals surface area (Å²) < 4.78 is 25.5. The third-order valence-corrected chi connectivity index (χ3v) is 1.74. The fraction of sp³-hybridized carbons (Fsp3) is 0.818. The molecule has 0 fully saturated rings.